The summed E-state index contributed by atoms with van der Waals surface area (Å²) in [6.07, 6.45) is 1.10. The highest BCUT2D eigenvalue weighted by molar-refractivity contribution is 5.54. The summed E-state index contributed by atoms with van der Waals surface area (Å²) in [5.74, 6) is 1.02. The Morgan fingerprint density at radius 1 is 1.33 bits per heavy atom. The predicted molar refractivity (Wildman–Crippen MR) is 67.8 cm³/mol. The minimum absolute atomic E-state index is 0.213. The summed E-state index contributed by atoms with van der Waals surface area (Å²) in [4.78, 5) is 4.18. The summed E-state index contributed by atoms with van der Waals surface area (Å²) in [6, 6.07) is 8.04. The van der Waals surface area contributed by atoms with Crippen LogP contribution < -0.4 is 5.73 Å². The molecule has 0 bridgehead atoms. The fraction of sp³-hybridized carbons (Fsp3) is 0.385. The lowest BCUT2D eigenvalue weighted by Gasteiger charge is -2.09. The largest absolute Gasteiger partial charge is 0.381 e. The molecule has 0 aliphatic rings. The summed E-state index contributed by atoms with van der Waals surface area (Å²) in [5.41, 5.74) is 7.57. The van der Waals surface area contributed by atoms with E-state index in [1.54, 1.807) is 7.11 Å². The number of nitrogens with two attached hydrogens (primary N) is 1. The van der Waals surface area contributed by atoms with Gasteiger partial charge in [0.05, 0.1) is 12.6 Å². The van der Waals surface area contributed by atoms with E-state index in [0.717, 1.165) is 12.0 Å². The SMILES string of the molecule is COC(C)Cc1ccc(-c2noc(CN)n2)cc1. The van der Waals surface area contributed by atoms with Gasteiger partial charge in [-0.1, -0.05) is 29.4 Å². The maximum Gasteiger partial charge on any atom is 0.240 e. The van der Waals surface area contributed by atoms with Crippen molar-refractivity contribution in [1.29, 1.82) is 0 Å². The number of nitrogens with zero attached hydrogens (tertiary/aromatic N) is 2. The van der Waals surface area contributed by atoms with Crippen molar-refractivity contribution < 1.29 is 9.26 Å². The first-order valence-corrected chi connectivity index (χ1v) is 5.87. The molecular formula is C13H17N3O2. The van der Waals surface area contributed by atoms with Crippen molar-refractivity contribution in [2.45, 2.75) is 26.0 Å². The Balaban J connectivity index is 2.11. The lowest BCUT2D eigenvalue weighted by Crippen LogP contribution is -2.08. The molecule has 0 aliphatic carbocycles. The van der Waals surface area contributed by atoms with Gasteiger partial charge in [0.25, 0.3) is 0 Å². The summed E-state index contributed by atoms with van der Waals surface area (Å²) in [5, 5.41) is 3.87. The monoisotopic (exact) mass is 247 g/mol. The van der Waals surface area contributed by atoms with E-state index in [1.165, 1.54) is 5.56 Å². The van der Waals surface area contributed by atoms with Gasteiger partial charge < -0.3 is 15.0 Å². The molecule has 5 nitrogen and oxygen atoms in total. The van der Waals surface area contributed by atoms with E-state index in [0.29, 0.717) is 11.7 Å². The molecule has 1 atom stereocenters. The molecule has 18 heavy (non-hydrogen) atoms. The van der Waals surface area contributed by atoms with Gasteiger partial charge in [-0.25, -0.2) is 0 Å². The van der Waals surface area contributed by atoms with E-state index < -0.39 is 0 Å². The topological polar surface area (TPSA) is 74.2 Å². The van der Waals surface area contributed by atoms with Gasteiger partial charge in [0.1, 0.15) is 0 Å². The van der Waals surface area contributed by atoms with Crippen molar-refractivity contribution in [3.05, 3.63) is 35.7 Å². The molecule has 1 heterocycles. The Labute approximate surface area is 106 Å². The minimum atomic E-state index is 0.213. The van der Waals surface area contributed by atoms with Crippen molar-refractivity contribution in [2.24, 2.45) is 5.73 Å². The summed E-state index contributed by atoms with van der Waals surface area (Å²) >= 11 is 0. The van der Waals surface area contributed by atoms with Gasteiger partial charge in [0.15, 0.2) is 0 Å². The van der Waals surface area contributed by atoms with E-state index in [-0.39, 0.29) is 12.6 Å². The van der Waals surface area contributed by atoms with Gasteiger partial charge in [0, 0.05) is 12.7 Å². The number of ether oxygens (including phenoxy) is 1. The number of hydrogen-bond acceptors (Lipinski definition) is 5. The second-order valence-corrected chi connectivity index (χ2v) is 4.16. The predicted octanol–water partition coefficient (Wildman–Crippen LogP) is 1.77. The highest BCUT2D eigenvalue weighted by Gasteiger charge is 2.07. The Morgan fingerprint density at radius 2 is 2.06 bits per heavy atom. The molecule has 96 valence electrons. The van der Waals surface area contributed by atoms with Crippen LogP contribution in [0.5, 0.6) is 0 Å². The first-order valence-electron chi connectivity index (χ1n) is 5.87. The zero-order valence-electron chi connectivity index (χ0n) is 10.6. The van der Waals surface area contributed by atoms with Crippen LogP contribution in [0.25, 0.3) is 11.4 Å². The molecule has 5 heteroatoms. The van der Waals surface area contributed by atoms with Crippen molar-refractivity contribution in [3.63, 3.8) is 0 Å². The van der Waals surface area contributed by atoms with Crippen LogP contribution in [-0.2, 0) is 17.7 Å². The van der Waals surface area contributed by atoms with E-state index >= 15 is 0 Å². The highest BCUT2D eigenvalue weighted by Crippen LogP contribution is 2.17. The number of hydrogen-bond donors (Lipinski definition) is 1. The maximum absolute atomic E-state index is 5.43. The second kappa shape index (κ2) is 5.75. The van der Waals surface area contributed by atoms with E-state index in [4.69, 9.17) is 15.0 Å². The summed E-state index contributed by atoms with van der Waals surface area (Å²) < 4.78 is 10.2. The Bertz CT molecular complexity index is 493. The number of benzene rings is 1. The van der Waals surface area contributed by atoms with Crippen LogP contribution in [0.3, 0.4) is 0 Å². The molecule has 2 rings (SSSR count). The third-order valence-corrected chi connectivity index (χ3v) is 2.78. The van der Waals surface area contributed by atoms with E-state index in [1.807, 2.05) is 31.2 Å². The molecule has 0 amide bonds. The first-order chi connectivity index (χ1) is 8.72. The molecular weight excluding hydrogens is 230 g/mol. The zero-order valence-corrected chi connectivity index (χ0v) is 10.6. The van der Waals surface area contributed by atoms with Gasteiger partial charge >= 0.3 is 0 Å². The Morgan fingerprint density at radius 3 is 2.61 bits per heavy atom. The molecule has 1 aromatic carbocycles. The fourth-order valence-electron chi connectivity index (χ4n) is 1.66. The Hall–Kier alpha value is -1.72. The van der Waals surface area contributed by atoms with Crippen LogP contribution in [0, 0.1) is 0 Å². The first kappa shape index (κ1) is 12.7. The Kier molecular flexibility index (Phi) is 4.07. The van der Waals surface area contributed by atoms with Crippen molar-refractivity contribution in [1.82, 2.24) is 10.1 Å². The standard InChI is InChI=1S/C13H17N3O2/c1-9(17-2)7-10-3-5-11(6-4-10)13-15-12(8-14)18-16-13/h3-6,9H,7-8,14H2,1-2H3. The van der Waals surface area contributed by atoms with Gasteiger partial charge in [0.2, 0.25) is 11.7 Å². The molecule has 2 N–H and O–H groups in total. The molecule has 2 aromatic rings. The molecule has 0 saturated carbocycles. The molecule has 0 radical (unpaired) electrons. The molecule has 0 saturated heterocycles. The van der Waals surface area contributed by atoms with Crippen molar-refractivity contribution in [2.75, 3.05) is 7.11 Å². The third kappa shape index (κ3) is 2.94. The average molecular weight is 247 g/mol. The molecule has 1 unspecified atom stereocenters. The quantitative estimate of drug-likeness (QED) is 0.871. The highest BCUT2D eigenvalue weighted by atomic mass is 16.5. The van der Waals surface area contributed by atoms with Gasteiger partial charge in [-0.2, -0.15) is 4.98 Å². The number of aromatic nitrogens is 2. The normalized spacial score (nSPS) is 12.6. The smallest absolute Gasteiger partial charge is 0.240 e. The third-order valence-electron chi connectivity index (χ3n) is 2.78. The molecule has 1 aromatic heterocycles. The van der Waals surface area contributed by atoms with E-state index in [9.17, 15) is 0 Å². The van der Waals surface area contributed by atoms with Crippen molar-refractivity contribution in [3.8, 4) is 11.4 Å². The van der Waals surface area contributed by atoms with Crippen LogP contribution in [-0.4, -0.2) is 23.4 Å². The zero-order chi connectivity index (χ0) is 13.0. The maximum atomic E-state index is 5.43. The lowest BCUT2D eigenvalue weighted by atomic mass is 10.1. The van der Waals surface area contributed by atoms with Crippen molar-refractivity contribution >= 4 is 0 Å². The van der Waals surface area contributed by atoms with Gasteiger partial charge in [-0.05, 0) is 18.9 Å². The van der Waals surface area contributed by atoms with Gasteiger partial charge in [-0.15, -0.1) is 0 Å². The van der Waals surface area contributed by atoms with E-state index in [2.05, 4.69) is 10.1 Å². The minimum Gasteiger partial charge on any atom is -0.381 e. The van der Waals surface area contributed by atoms with Crippen LogP contribution in [0.4, 0.5) is 0 Å². The fourth-order valence-corrected chi connectivity index (χ4v) is 1.66. The lowest BCUT2D eigenvalue weighted by molar-refractivity contribution is 0.119. The van der Waals surface area contributed by atoms with Crippen LogP contribution >= 0.6 is 0 Å². The van der Waals surface area contributed by atoms with Crippen LogP contribution in [0.15, 0.2) is 28.8 Å². The molecule has 0 aliphatic heterocycles. The summed E-state index contributed by atoms with van der Waals surface area (Å²) in [6.45, 7) is 2.30. The molecule has 0 spiro atoms. The van der Waals surface area contributed by atoms with Crippen LogP contribution in [0.1, 0.15) is 18.4 Å². The summed E-state index contributed by atoms with van der Waals surface area (Å²) in [7, 11) is 1.71. The second-order valence-electron chi connectivity index (χ2n) is 4.16. The van der Waals surface area contributed by atoms with Gasteiger partial charge in [-0.3, -0.25) is 0 Å². The van der Waals surface area contributed by atoms with Crippen LogP contribution in [0.2, 0.25) is 0 Å². The average Bonchev–Trinajstić information content (AvgIpc) is 2.88. The number of methoxy groups -OCH3 is 1. The number of rotatable bonds is 5. The molecule has 0 fully saturated rings.